The quantitative estimate of drug-likeness (QED) is 0.654. The summed E-state index contributed by atoms with van der Waals surface area (Å²) in [5, 5.41) is 3.01. The Labute approximate surface area is 148 Å². The lowest BCUT2D eigenvalue weighted by molar-refractivity contribution is 0.685. The van der Waals surface area contributed by atoms with Crippen LogP contribution in [0.2, 0.25) is 0 Å². The van der Waals surface area contributed by atoms with Crippen molar-refractivity contribution in [1.82, 2.24) is 9.55 Å². The van der Waals surface area contributed by atoms with Gasteiger partial charge < -0.3 is 9.88 Å². The van der Waals surface area contributed by atoms with Gasteiger partial charge in [0.2, 0.25) is 0 Å². The SMILES string of the molecule is C=C(/C=C\c1nc(NC(C)=S)cn1C)c1cccc(S(=C)(C)=O)c1. The van der Waals surface area contributed by atoms with Crippen LogP contribution in [0.3, 0.4) is 0 Å². The largest absolute Gasteiger partial charge is 0.334 e. The van der Waals surface area contributed by atoms with Crippen LogP contribution in [-0.4, -0.2) is 30.9 Å². The van der Waals surface area contributed by atoms with Crippen LogP contribution in [0.15, 0.2) is 48.0 Å². The van der Waals surface area contributed by atoms with E-state index in [-0.39, 0.29) is 0 Å². The number of hydrogen-bond acceptors (Lipinski definition) is 3. The second kappa shape index (κ2) is 7.15. The molecule has 1 unspecified atom stereocenters. The summed E-state index contributed by atoms with van der Waals surface area (Å²) in [6.07, 6.45) is 7.27. The van der Waals surface area contributed by atoms with E-state index < -0.39 is 9.52 Å². The first-order valence-electron chi connectivity index (χ1n) is 7.27. The lowest BCUT2D eigenvalue weighted by Gasteiger charge is -2.06. The van der Waals surface area contributed by atoms with Crippen molar-refractivity contribution >= 4 is 50.1 Å². The molecule has 0 aliphatic rings. The summed E-state index contributed by atoms with van der Waals surface area (Å²) in [6.45, 7) is 5.88. The number of imidazole rings is 1. The highest BCUT2D eigenvalue weighted by molar-refractivity contribution is 7.99. The van der Waals surface area contributed by atoms with Crippen LogP contribution in [0.1, 0.15) is 18.3 Å². The molecule has 1 aromatic heterocycles. The fourth-order valence-electron chi connectivity index (χ4n) is 2.11. The molecule has 0 spiro atoms. The number of thiocarbonyl (C=S) groups is 1. The molecule has 1 atom stereocenters. The molecule has 1 heterocycles. The number of aromatic nitrogens is 2. The number of benzene rings is 1. The van der Waals surface area contributed by atoms with Gasteiger partial charge in [0.1, 0.15) is 11.6 Å². The van der Waals surface area contributed by atoms with Crippen LogP contribution in [-0.2, 0) is 16.6 Å². The average Bonchev–Trinajstić information content (AvgIpc) is 2.83. The molecule has 0 fully saturated rings. The smallest absolute Gasteiger partial charge is 0.149 e. The van der Waals surface area contributed by atoms with Crippen molar-refractivity contribution in [3.63, 3.8) is 0 Å². The molecule has 1 aromatic carbocycles. The van der Waals surface area contributed by atoms with Gasteiger partial charge in [-0.3, -0.25) is 4.21 Å². The molecule has 0 radical (unpaired) electrons. The number of nitrogens with one attached hydrogen (secondary N) is 1. The fourth-order valence-corrected chi connectivity index (χ4v) is 2.96. The van der Waals surface area contributed by atoms with E-state index in [1.807, 2.05) is 61.2 Å². The van der Waals surface area contributed by atoms with E-state index in [2.05, 4.69) is 22.8 Å². The molecule has 0 aliphatic heterocycles. The first-order chi connectivity index (χ1) is 11.2. The Balaban J connectivity index is 2.22. The second-order valence-electron chi connectivity index (χ2n) is 5.67. The molecule has 2 aromatic rings. The molecule has 0 amide bonds. The second-order valence-corrected chi connectivity index (χ2v) is 8.76. The molecular formula is C18H21N3OS2. The highest BCUT2D eigenvalue weighted by Crippen LogP contribution is 2.19. The van der Waals surface area contributed by atoms with Crippen molar-refractivity contribution in [2.24, 2.45) is 7.05 Å². The van der Waals surface area contributed by atoms with Gasteiger partial charge in [-0.05, 0) is 51.7 Å². The van der Waals surface area contributed by atoms with Crippen molar-refractivity contribution in [1.29, 1.82) is 0 Å². The molecule has 6 heteroatoms. The maximum atomic E-state index is 12.1. The molecule has 2 rings (SSSR count). The monoisotopic (exact) mass is 359 g/mol. The van der Waals surface area contributed by atoms with Crippen molar-refractivity contribution in [2.75, 3.05) is 11.6 Å². The third kappa shape index (κ3) is 4.66. The molecule has 24 heavy (non-hydrogen) atoms. The normalized spacial score (nSPS) is 13.6. The third-order valence-electron chi connectivity index (χ3n) is 3.35. The summed E-state index contributed by atoms with van der Waals surface area (Å²) >= 11 is 5.02. The van der Waals surface area contributed by atoms with Crippen molar-refractivity contribution in [3.8, 4) is 0 Å². The van der Waals surface area contributed by atoms with Crippen molar-refractivity contribution < 1.29 is 4.21 Å². The fraction of sp³-hybridized carbons (Fsp3) is 0.167. The first-order valence-corrected chi connectivity index (χ1v) is 9.82. The molecule has 0 saturated carbocycles. The van der Waals surface area contributed by atoms with Gasteiger partial charge in [0, 0.05) is 24.4 Å². The Bertz CT molecular complexity index is 921. The van der Waals surface area contributed by atoms with Gasteiger partial charge in [0.05, 0.1) is 4.99 Å². The first kappa shape index (κ1) is 18.2. The van der Waals surface area contributed by atoms with E-state index in [1.54, 1.807) is 6.26 Å². The van der Waals surface area contributed by atoms with E-state index in [0.29, 0.717) is 10.8 Å². The summed E-state index contributed by atoms with van der Waals surface area (Å²) in [4.78, 5) is 5.84. The summed E-state index contributed by atoms with van der Waals surface area (Å²) in [5.41, 5.74) is 1.72. The standard InChI is InChI=1S/C18H21N3OS2/c1-13(15-7-6-8-16(11-15)24(4,5)22)9-10-18-20-17(12-21(18)3)19-14(2)23/h6-12H,1,4H2,2-3,5H3,(H,19,23)/b10-9-. The van der Waals surface area contributed by atoms with Gasteiger partial charge in [-0.25, -0.2) is 4.98 Å². The van der Waals surface area contributed by atoms with Crippen LogP contribution < -0.4 is 5.32 Å². The molecule has 126 valence electrons. The average molecular weight is 360 g/mol. The summed E-state index contributed by atoms with van der Waals surface area (Å²) < 4.78 is 14.0. The van der Waals surface area contributed by atoms with Crippen LogP contribution in [0.4, 0.5) is 5.82 Å². The minimum Gasteiger partial charge on any atom is -0.334 e. The van der Waals surface area contributed by atoms with Gasteiger partial charge in [-0.15, -0.1) is 0 Å². The number of rotatable bonds is 5. The molecule has 0 saturated heterocycles. The van der Waals surface area contributed by atoms with E-state index in [0.717, 1.165) is 21.9 Å². The molecule has 0 bridgehead atoms. The molecular weight excluding hydrogens is 338 g/mol. The zero-order valence-electron chi connectivity index (χ0n) is 14.1. The highest BCUT2D eigenvalue weighted by atomic mass is 32.2. The lowest BCUT2D eigenvalue weighted by atomic mass is 10.1. The van der Waals surface area contributed by atoms with Crippen LogP contribution in [0.25, 0.3) is 11.6 Å². The van der Waals surface area contributed by atoms with Crippen molar-refractivity contribution in [2.45, 2.75) is 11.8 Å². The van der Waals surface area contributed by atoms with Crippen LogP contribution >= 0.6 is 12.2 Å². The molecule has 4 nitrogen and oxygen atoms in total. The summed E-state index contributed by atoms with van der Waals surface area (Å²) in [6, 6.07) is 7.48. The van der Waals surface area contributed by atoms with Crippen molar-refractivity contribution in [3.05, 3.63) is 54.5 Å². The molecule has 1 N–H and O–H groups in total. The zero-order valence-corrected chi connectivity index (χ0v) is 15.7. The van der Waals surface area contributed by atoms with Crippen LogP contribution in [0, 0.1) is 0 Å². The van der Waals surface area contributed by atoms with Crippen LogP contribution in [0.5, 0.6) is 0 Å². The maximum Gasteiger partial charge on any atom is 0.149 e. The Morgan fingerprint density at radius 2 is 2.17 bits per heavy atom. The highest BCUT2D eigenvalue weighted by Gasteiger charge is 2.05. The molecule has 0 aliphatic carbocycles. The van der Waals surface area contributed by atoms with E-state index >= 15 is 0 Å². The number of nitrogens with zero attached hydrogens (tertiary/aromatic N) is 2. The number of allylic oxidation sites excluding steroid dienone is 2. The van der Waals surface area contributed by atoms with Gasteiger partial charge in [-0.2, -0.15) is 0 Å². The zero-order chi connectivity index (χ0) is 17.9. The van der Waals surface area contributed by atoms with Gasteiger partial charge in [-0.1, -0.05) is 37.0 Å². The minimum absolute atomic E-state index is 0.668. The predicted molar refractivity (Wildman–Crippen MR) is 109 cm³/mol. The van der Waals surface area contributed by atoms with Gasteiger partial charge >= 0.3 is 0 Å². The number of hydrogen-bond donors (Lipinski definition) is 1. The maximum absolute atomic E-state index is 12.1. The van der Waals surface area contributed by atoms with E-state index in [9.17, 15) is 4.21 Å². The number of aryl methyl sites for hydroxylation is 1. The Hall–Kier alpha value is -2.18. The van der Waals surface area contributed by atoms with E-state index in [1.165, 1.54) is 0 Å². The minimum atomic E-state index is -2.24. The Morgan fingerprint density at radius 3 is 2.79 bits per heavy atom. The summed E-state index contributed by atoms with van der Waals surface area (Å²) in [5.74, 6) is 5.21. The topological polar surface area (TPSA) is 46.9 Å². The number of anilines is 1. The summed E-state index contributed by atoms with van der Waals surface area (Å²) in [7, 11) is -0.331. The Morgan fingerprint density at radius 1 is 1.46 bits per heavy atom. The van der Waals surface area contributed by atoms with E-state index in [4.69, 9.17) is 12.2 Å². The van der Waals surface area contributed by atoms with Gasteiger partial charge in [0.15, 0.2) is 0 Å². The van der Waals surface area contributed by atoms with Gasteiger partial charge in [0.25, 0.3) is 0 Å². The lowest BCUT2D eigenvalue weighted by Crippen LogP contribution is -2.03. The Kier molecular flexibility index (Phi) is 5.41. The predicted octanol–water partition coefficient (Wildman–Crippen LogP) is 3.61. The third-order valence-corrected chi connectivity index (χ3v) is 4.71.